The summed E-state index contributed by atoms with van der Waals surface area (Å²) in [5.74, 6) is 0.0198. The fraction of sp³-hybridized carbons (Fsp3) is 0.0909. The van der Waals surface area contributed by atoms with Gasteiger partial charge in [0.25, 0.3) is 11.6 Å². The van der Waals surface area contributed by atoms with Crippen LogP contribution in [0, 0.1) is 17.0 Å². The van der Waals surface area contributed by atoms with Gasteiger partial charge in [-0.3, -0.25) is 20.0 Å². The average Bonchev–Trinajstić information content (AvgIpc) is 2.81. The number of nitro groups is 1. The molecule has 0 fully saturated rings. The highest BCUT2D eigenvalue weighted by molar-refractivity contribution is 6.05. The maximum Gasteiger partial charge on any atom is 0.273 e. The smallest absolute Gasteiger partial charge is 0.273 e. The molecule has 2 aromatic rings. The van der Waals surface area contributed by atoms with E-state index in [-0.39, 0.29) is 11.3 Å². The summed E-state index contributed by atoms with van der Waals surface area (Å²) in [7, 11) is 0. The lowest BCUT2D eigenvalue weighted by Gasteiger charge is -2.06. The third-order valence-corrected chi connectivity index (χ3v) is 2.50. The predicted molar refractivity (Wildman–Crippen MR) is 64.4 cm³/mol. The van der Waals surface area contributed by atoms with Gasteiger partial charge in [0.05, 0.1) is 11.1 Å². The van der Waals surface area contributed by atoms with Gasteiger partial charge in [0, 0.05) is 23.3 Å². The largest absolute Gasteiger partial charge is 0.307 e. The summed E-state index contributed by atoms with van der Waals surface area (Å²) in [5, 5.41) is 19.6. The summed E-state index contributed by atoms with van der Waals surface area (Å²) in [4.78, 5) is 22.2. The number of carbonyl (C=O) groups excluding carboxylic acids is 1. The number of aromatic nitrogens is 2. The van der Waals surface area contributed by atoms with E-state index in [0.717, 1.165) is 0 Å². The van der Waals surface area contributed by atoms with Crippen LogP contribution in [-0.4, -0.2) is 21.0 Å². The van der Waals surface area contributed by atoms with E-state index in [1.54, 1.807) is 13.0 Å². The van der Waals surface area contributed by atoms with Gasteiger partial charge in [0.2, 0.25) is 0 Å². The topological polar surface area (TPSA) is 101 Å². The molecular formula is C11H10N4O3. The minimum absolute atomic E-state index is 0.0766. The number of nitrogens with zero attached hydrogens (tertiary/aromatic N) is 2. The van der Waals surface area contributed by atoms with Crippen molar-refractivity contribution in [3.63, 3.8) is 0 Å². The summed E-state index contributed by atoms with van der Waals surface area (Å²) in [5.41, 5.74) is 0.519. The number of rotatable bonds is 3. The Morgan fingerprint density at radius 1 is 1.44 bits per heavy atom. The van der Waals surface area contributed by atoms with Gasteiger partial charge in [0.1, 0.15) is 5.82 Å². The number of carbonyl (C=O) groups is 1. The van der Waals surface area contributed by atoms with Gasteiger partial charge in [-0.2, -0.15) is 5.10 Å². The highest BCUT2D eigenvalue weighted by atomic mass is 16.6. The molecule has 0 aliphatic rings. The van der Waals surface area contributed by atoms with Crippen molar-refractivity contribution < 1.29 is 9.72 Å². The SMILES string of the molecule is Cc1c(C(=O)Nc2ccn[nH]2)cccc1[N+](=O)[O-]. The monoisotopic (exact) mass is 246 g/mol. The van der Waals surface area contributed by atoms with Crippen molar-refractivity contribution >= 4 is 17.4 Å². The van der Waals surface area contributed by atoms with E-state index in [2.05, 4.69) is 15.5 Å². The first-order valence-electron chi connectivity index (χ1n) is 5.14. The number of anilines is 1. The molecule has 92 valence electrons. The number of H-pyrrole nitrogens is 1. The van der Waals surface area contributed by atoms with Crippen molar-refractivity contribution in [3.8, 4) is 0 Å². The summed E-state index contributed by atoms with van der Waals surface area (Å²) >= 11 is 0. The lowest BCUT2D eigenvalue weighted by molar-refractivity contribution is -0.385. The molecule has 0 bridgehead atoms. The van der Waals surface area contributed by atoms with E-state index in [0.29, 0.717) is 11.4 Å². The van der Waals surface area contributed by atoms with Crippen LogP contribution in [0.25, 0.3) is 0 Å². The first-order chi connectivity index (χ1) is 8.59. The first kappa shape index (κ1) is 11.8. The van der Waals surface area contributed by atoms with E-state index in [1.165, 1.54) is 24.4 Å². The fourth-order valence-corrected chi connectivity index (χ4v) is 1.58. The molecule has 1 aromatic heterocycles. The van der Waals surface area contributed by atoms with Crippen molar-refractivity contribution in [2.75, 3.05) is 5.32 Å². The number of aromatic amines is 1. The van der Waals surface area contributed by atoms with Crippen molar-refractivity contribution in [1.29, 1.82) is 0 Å². The van der Waals surface area contributed by atoms with Crippen LogP contribution in [0.1, 0.15) is 15.9 Å². The number of nitro benzene ring substituents is 1. The standard InChI is InChI=1S/C11H10N4O3/c1-7-8(3-2-4-9(7)15(17)18)11(16)13-10-5-6-12-14-10/h2-6H,1H3,(H2,12,13,14,16). The molecular weight excluding hydrogens is 236 g/mol. The van der Waals surface area contributed by atoms with Crippen molar-refractivity contribution in [2.24, 2.45) is 0 Å². The van der Waals surface area contributed by atoms with Crippen molar-refractivity contribution in [2.45, 2.75) is 6.92 Å². The summed E-state index contributed by atoms with van der Waals surface area (Å²) in [6.07, 6.45) is 1.50. The number of hydrogen-bond acceptors (Lipinski definition) is 4. The van der Waals surface area contributed by atoms with Crippen LogP contribution in [0.5, 0.6) is 0 Å². The molecule has 7 nitrogen and oxygen atoms in total. The molecule has 0 aliphatic heterocycles. The molecule has 2 N–H and O–H groups in total. The zero-order valence-electron chi connectivity index (χ0n) is 9.51. The van der Waals surface area contributed by atoms with Gasteiger partial charge in [0.15, 0.2) is 0 Å². The quantitative estimate of drug-likeness (QED) is 0.637. The normalized spacial score (nSPS) is 10.1. The van der Waals surface area contributed by atoms with Crippen LogP contribution >= 0.6 is 0 Å². The second-order valence-electron chi connectivity index (χ2n) is 3.63. The van der Waals surface area contributed by atoms with Crippen LogP contribution < -0.4 is 5.32 Å². The number of hydrogen-bond donors (Lipinski definition) is 2. The number of amides is 1. The Labute approximate surface area is 102 Å². The second kappa shape index (κ2) is 4.66. The van der Waals surface area contributed by atoms with Gasteiger partial charge in [-0.15, -0.1) is 0 Å². The van der Waals surface area contributed by atoms with Crippen LogP contribution in [0.4, 0.5) is 11.5 Å². The highest BCUT2D eigenvalue weighted by Crippen LogP contribution is 2.21. The molecule has 0 aliphatic carbocycles. The molecule has 2 rings (SSSR count). The summed E-state index contributed by atoms with van der Waals surface area (Å²) in [6.45, 7) is 1.54. The Bertz CT molecular complexity index is 592. The lowest BCUT2D eigenvalue weighted by atomic mass is 10.1. The molecule has 0 radical (unpaired) electrons. The van der Waals surface area contributed by atoms with E-state index in [4.69, 9.17) is 0 Å². The number of nitrogens with one attached hydrogen (secondary N) is 2. The van der Waals surface area contributed by atoms with Crippen molar-refractivity contribution in [3.05, 3.63) is 51.7 Å². The molecule has 0 spiro atoms. The van der Waals surface area contributed by atoms with Gasteiger partial charge in [-0.1, -0.05) is 6.07 Å². The van der Waals surface area contributed by atoms with E-state index < -0.39 is 10.8 Å². The second-order valence-corrected chi connectivity index (χ2v) is 3.63. The van der Waals surface area contributed by atoms with Gasteiger partial charge in [-0.25, -0.2) is 0 Å². The van der Waals surface area contributed by atoms with E-state index in [1.807, 2.05) is 0 Å². The first-order valence-corrected chi connectivity index (χ1v) is 5.14. The van der Waals surface area contributed by atoms with Gasteiger partial charge < -0.3 is 5.32 Å². The molecule has 0 atom stereocenters. The Balaban J connectivity index is 2.31. The molecule has 1 aromatic carbocycles. The molecule has 18 heavy (non-hydrogen) atoms. The van der Waals surface area contributed by atoms with Crippen molar-refractivity contribution in [1.82, 2.24) is 10.2 Å². The summed E-state index contributed by atoms with van der Waals surface area (Å²) < 4.78 is 0. The maximum absolute atomic E-state index is 11.9. The van der Waals surface area contributed by atoms with Gasteiger partial charge in [-0.05, 0) is 13.0 Å². The molecule has 1 heterocycles. The molecule has 1 amide bonds. The summed E-state index contributed by atoms with van der Waals surface area (Å²) in [6, 6.07) is 5.97. The zero-order valence-corrected chi connectivity index (χ0v) is 9.51. The zero-order chi connectivity index (χ0) is 13.1. The molecule has 0 saturated heterocycles. The maximum atomic E-state index is 11.9. The molecule has 0 saturated carbocycles. The number of benzene rings is 1. The lowest BCUT2D eigenvalue weighted by Crippen LogP contribution is -2.14. The van der Waals surface area contributed by atoms with Crippen LogP contribution in [0.3, 0.4) is 0 Å². The van der Waals surface area contributed by atoms with Gasteiger partial charge >= 0.3 is 0 Å². The third kappa shape index (κ3) is 2.19. The minimum Gasteiger partial charge on any atom is -0.307 e. The van der Waals surface area contributed by atoms with Crippen LogP contribution in [0.2, 0.25) is 0 Å². The Morgan fingerprint density at radius 3 is 2.83 bits per heavy atom. The Morgan fingerprint density at radius 2 is 2.22 bits per heavy atom. The highest BCUT2D eigenvalue weighted by Gasteiger charge is 2.18. The van der Waals surface area contributed by atoms with E-state index in [9.17, 15) is 14.9 Å². The van der Waals surface area contributed by atoms with E-state index >= 15 is 0 Å². The Kier molecular flexibility index (Phi) is 3.05. The van der Waals surface area contributed by atoms with Crippen LogP contribution in [-0.2, 0) is 0 Å². The van der Waals surface area contributed by atoms with Crippen LogP contribution in [0.15, 0.2) is 30.5 Å². The third-order valence-electron chi connectivity index (χ3n) is 2.50. The fourth-order valence-electron chi connectivity index (χ4n) is 1.58. The predicted octanol–water partition coefficient (Wildman–Crippen LogP) is 1.88. The molecule has 7 heteroatoms. The Hall–Kier alpha value is -2.70. The minimum atomic E-state index is -0.512. The average molecular weight is 246 g/mol. The molecule has 0 unspecified atom stereocenters.